The van der Waals surface area contributed by atoms with Crippen LogP contribution in [0.15, 0.2) is 35.8 Å². The largest absolute Gasteiger partial charge is 0.296 e. The Kier molecular flexibility index (Phi) is 1.26. The van der Waals surface area contributed by atoms with E-state index in [9.17, 15) is 4.79 Å². The summed E-state index contributed by atoms with van der Waals surface area (Å²) in [5.74, 6) is 0. The summed E-state index contributed by atoms with van der Waals surface area (Å²) in [6.45, 7) is 0. The molecule has 0 spiro atoms. The zero-order valence-corrected chi connectivity index (χ0v) is 5.65. The zero-order valence-electron chi connectivity index (χ0n) is 5.65. The van der Waals surface area contributed by atoms with E-state index >= 15 is 0 Å². The molecule has 0 unspecified atom stereocenters. The van der Waals surface area contributed by atoms with Gasteiger partial charge in [0.1, 0.15) is 11.4 Å². The molecule has 2 heterocycles. The van der Waals surface area contributed by atoms with Crippen LogP contribution in [-0.2, 0) is 9.73 Å². The van der Waals surface area contributed by atoms with Gasteiger partial charge in [0.05, 0.1) is 0 Å². The molecular formula is C7H6N2O2. The number of hydrogen-bond acceptors (Lipinski definition) is 4. The third-order valence-corrected chi connectivity index (χ3v) is 1.47. The van der Waals surface area contributed by atoms with Crippen LogP contribution < -0.4 is 5.48 Å². The van der Waals surface area contributed by atoms with Crippen molar-refractivity contribution in [2.75, 3.05) is 0 Å². The Morgan fingerprint density at radius 2 is 2.45 bits per heavy atom. The van der Waals surface area contributed by atoms with Gasteiger partial charge in [0.2, 0.25) is 0 Å². The number of nitrogens with one attached hydrogen (secondary N) is 1. The maximum absolute atomic E-state index is 10.4. The lowest BCUT2D eigenvalue weighted by molar-refractivity contribution is -0.120. The summed E-state index contributed by atoms with van der Waals surface area (Å²) < 4.78 is 0. The van der Waals surface area contributed by atoms with Crippen LogP contribution in [0.3, 0.4) is 0 Å². The number of hydrogen-bond donors (Lipinski definition) is 1. The average molecular weight is 150 g/mol. The first-order chi connectivity index (χ1) is 5.42. The summed E-state index contributed by atoms with van der Waals surface area (Å²) in [7, 11) is 0. The molecule has 0 amide bonds. The second-order valence-corrected chi connectivity index (χ2v) is 2.14. The summed E-state index contributed by atoms with van der Waals surface area (Å²) in [6, 6.07) is 0. The van der Waals surface area contributed by atoms with Gasteiger partial charge in [0.25, 0.3) is 0 Å². The van der Waals surface area contributed by atoms with Crippen molar-refractivity contribution in [3.05, 3.63) is 35.8 Å². The third kappa shape index (κ3) is 0.841. The van der Waals surface area contributed by atoms with Crippen molar-refractivity contribution in [2.24, 2.45) is 0 Å². The first kappa shape index (κ1) is 6.18. The van der Waals surface area contributed by atoms with Gasteiger partial charge in [0.15, 0.2) is 6.29 Å². The van der Waals surface area contributed by atoms with Crippen molar-refractivity contribution in [3.8, 4) is 0 Å². The predicted octanol–water partition coefficient (Wildman–Crippen LogP) is 0.232. The van der Waals surface area contributed by atoms with E-state index in [1.165, 1.54) is 5.06 Å². The van der Waals surface area contributed by atoms with Crippen LogP contribution in [-0.4, -0.2) is 11.3 Å². The molecule has 0 bridgehead atoms. The molecule has 0 radical (unpaired) electrons. The fourth-order valence-electron chi connectivity index (χ4n) is 0.951. The Balaban J connectivity index is 2.40. The van der Waals surface area contributed by atoms with E-state index in [0.29, 0.717) is 5.70 Å². The Labute approximate surface area is 63.3 Å². The molecule has 0 saturated carbocycles. The van der Waals surface area contributed by atoms with E-state index in [2.05, 4.69) is 5.48 Å². The highest BCUT2D eigenvalue weighted by Crippen LogP contribution is 2.19. The summed E-state index contributed by atoms with van der Waals surface area (Å²) in [5.41, 5.74) is 3.67. The number of carbonyl (C=O) groups is 1. The maximum atomic E-state index is 10.4. The molecule has 11 heavy (non-hydrogen) atoms. The van der Waals surface area contributed by atoms with E-state index in [-0.39, 0.29) is 0 Å². The minimum Gasteiger partial charge on any atom is -0.296 e. The van der Waals surface area contributed by atoms with Crippen LogP contribution in [0.4, 0.5) is 0 Å². The number of allylic oxidation sites excluding steroid dienone is 4. The average Bonchev–Trinajstić information content (AvgIpc) is 2.47. The van der Waals surface area contributed by atoms with E-state index in [4.69, 9.17) is 4.94 Å². The van der Waals surface area contributed by atoms with Crippen LogP contribution in [0.1, 0.15) is 0 Å². The van der Waals surface area contributed by atoms with Gasteiger partial charge in [-0.3, -0.25) is 4.79 Å². The molecule has 4 nitrogen and oxygen atoms in total. The molecule has 0 saturated heterocycles. The quantitative estimate of drug-likeness (QED) is 0.543. The molecular weight excluding hydrogens is 144 g/mol. The fraction of sp³-hybridized carbons (Fsp3) is 0. The molecule has 2 aliphatic heterocycles. The second kappa shape index (κ2) is 2.25. The molecule has 56 valence electrons. The number of aldehydes is 1. The van der Waals surface area contributed by atoms with Gasteiger partial charge < -0.3 is 0 Å². The van der Waals surface area contributed by atoms with Crippen molar-refractivity contribution in [1.82, 2.24) is 10.5 Å². The molecule has 0 aliphatic carbocycles. The first-order valence-corrected chi connectivity index (χ1v) is 3.18. The van der Waals surface area contributed by atoms with Gasteiger partial charge in [-0.2, -0.15) is 4.94 Å². The normalized spacial score (nSPS) is 20.2. The maximum Gasteiger partial charge on any atom is 0.170 e. The van der Waals surface area contributed by atoms with Gasteiger partial charge in [-0.05, 0) is 12.2 Å². The predicted molar refractivity (Wildman–Crippen MR) is 37.4 cm³/mol. The van der Waals surface area contributed by atoms with Gasteiger partial charge >= 0.3 is 0 Å². The summed E-state index contributed by atoms with van der Waals surface area (Å²) in [6.07, 6.45) is 7.89. The van der Waals surface area contributed by atoms with Crippen LogP contribution in [0.2, 0.25) is 0 Å². The van der Waals surface area contributed by atoms with Gasteiger partial charge in [-0.1, -0.05) is 6.08 Å². The number of hydroxylamine groups is 3. The summed E-state index contributed by atoms with van der Waals surface area (Å²) >= 11 is 0. The van der Waals surface area contributed by atoms with Crippen molar-refractivity contribution in [2.45, 2.75) is 0 Å². The standard InChI is InChI=1S/C7H6N2O2/c10-5-6-7-3-1-2-4-9(7)11-8-6/h1-5,8H. The molecule has 1 N–H and O–H groups in total. The zero-order chi connectivity index (χ0) is 7.68. The lowest BCUT2D eigenvalue weighted by Crippen LogP contribution is -2.15. The molecule has 2 aliphatic rings. The van der Waals surface area contributed by atoms with E-state index < -0.39 is 0 Å². The lowest BCUT2D eigenvalue weighted by atomic mass is 10.3. The second-order valence-electron chi connectivity index (χ2n) is 2.14. The van der Waals surface area contributed by atoms with Gasteiger partial charge in [-0.25, -0.2) is 10.5 Å². The van der Waals surface area contributed by atoms with E-state index in [0.717, 1.165) is 12.0 Å². The van der Waals surface area contributed by atoms with E-state index in [1.54, 1.807) is 12.3 Å². The van der Waals surface area contributed by atoms with Crippen LogP contribution in [0, 0.1) is 0 Å². The fourth-order valence-corrected chi connectivity index (χ4v) is 0.951. The number of nitrogens with zero attached hydrogens (tertiary/aromatic N) is 1. The summed E-state index contributed by atoms with van der Waals surface area (Å²) in [4.78, 5) is 15.3. The van der Waals surface area contributed by atoms with E-state index in [1.807, 2.05) is 12.2 Å². The molecule has 0 aromatic heterocycles. The smallest absolute Gasteiger partial charge is 0.170 e. The highest BCUT2D eigenvalue weighted by atomic mass is 16.8. The topological polar surface area (TPSA) is 41.6 Å². The van der Waals surface area contributed by atoms with Crippen LogP contribution in [0.25, 0.3) is 0 Å². The third-order valence-electron chi connectivity index (χ3n) is 1.47. The highest BCUT2D eigenvalue weighted by molar-refractivity contribution is 5.74. The minimum absolute atomic E-state index is 0.450. The Morgan fingerprint density at radius 1 is 1.55 bits per heavy atom. The first-order valence-electron chi connectivity index (χ1n) is 3.18. The van der Waals surface area contributed by atoms with Crippen molar-refractivity contribution in [3.63, 3.8) is 0 Å². The van der Waals surface area contributed by atoms with Crippen molar-refractivity contribution < 1.29 is 9.73 Å². The monoisotopic (exact) mass is 150 g/mol. The molecule has 0 atom stereocenters. The molecule has 2 rings (SSSR count). The SMILES string of the molecule is O=CC1=C2C=CC=CN2ON1. The van der Waals surface area contributed by atoms with Crippen molar-refractivity contribution >= 4 is 6.29 Å². The van der Waals surface area contributed by atoms with Crippen LogP contribution in [0.5, 0.6) is 0 Å². The minimum atomic E-state index is 0.450. The molecule has 0 aromatic carbocycles. The lowest BCUT2D eigenvalue weighted by Gasteiger charge is -2.12. The van der Waals surface area contributed by atoms with Crippen molar-refractivity contribution in [1.29, 1.82) is 0 Å². The Hall–Kier alpha value is -1.55. The molecule has 4 heteroatoms. The number of rotatable bonds is 1. The van der Waals surface area contributed by atoms with Gasteiger partial charge in [-0.15, -0.1) is 0 Å². The number of fused-ring (bicyclic) bond motifs is 1. The highest BCUT2D eigenvalue weighted by Gasteiger charge is 2.20. The van der Waals surface area contributed by atoms with Gasteiger partial charge in [0, 0.05) is 6.20 Å². The molecule has 0 aromatic rings. The summed E-state index contributed by atoms with van der Waals surface area (Å²) in [5, 5.41) is 1.49. The van der Waals surface area contributed by atoms with Crippen LogP contribution >= 0.6 is 0 Å². The Bertz CT molecular complexity index is 278. The Morgan fingerprint density at radius 3 is 3.27 bits per heavy atom. The molecule has 0 fully saturated rings. The number of carbonyl (C=O) groups excluding carboxylic acids is 1.